The molecule has 3 aliphatic rings. The van der Waals surface area contributed by atoms with Gasteiger partial charge < -0.3 is 13.3 Å². The van der Waals surface area contributed by atoms with Gasteiger partial charge in [0.1, 0.15) is 0 Å². The monoisotopic (exact) mass is 300 g/mol. The molecule has 5 atom stereocenters. The second kappa shape index (κ2) is 5.97. The van der Waals surface area contributed by atoms with Gasteiger partial charge in [-0.1, -0.05) is 6.42 Å². The van der Waals surface area contributed by atoms with Gasteiger partial charge in [-0.05, 0) is 63.2 Å². The van der Waals surface area contributed by atoms with Crippen molar-refractivity contribution >= 4 is 17.6 Å². The average Bonchev–Trinajstić information content (AvgIpc) is 3.12. The lowest BCUT2D eigenvalue weighted by molar-refractivity contribution is 0.224. The van der Waals surface area contributed by atoms with E-state index in [0.29, 0.717) is 12.2 Å². The standard InChI is InChI=1S/C14H28O3Si2/c1-18-9-4-3-8-15-19(2,17-18)10-7-12-5-6-13-14(11-12)16-13/h12-14,18H,3-11H2,1-2H3. The van der Waals surface area contributed by atoms with Crippen molar-refractivity contribution in [3.63, 3.8) is 0 Å². The average molecular weight is 301 g/mol. The molecule has 5 unspecified atom stereocenters. The fourth-order valence-electron chi connectivity index (χ4n) is 3.69. The second-order valence-electron chi connectivity index (χ2n) is 6.84. The molecule has 19 heavy (non-hydrogen) atoms. The van der Waals surface area contributed by atoms with Gasteiger partial charge in [-0.15, -0.1) is 0 Å². The van der Waals surface area contributed by atoms with Crippen molar-refractivity contribution in [2.45, 2.75) is 75.9 Å². The van der Waals surface area contributed by atoms with Crippen molar-refractivity contribution in [3.8, 4) is 0 Å². The van der Waals surface area contributed by atoms with Crippen molar-refractivity contribution in [3.05, 3.63) is 0 Å². The van der Waals surface area contributed by atoms with Gasteiger partial charge in [-0.3, -0.25) is 0 Å². The van der Waals surface area contributed by atoms with Crippen LogP contribution in [-0.4, -0.2) is 36.4 Å². The molecule has 3 rings (SSSR count). The quantitative estimate of drug-likeness (QED) is 0.592. The summed E-state index contributed by atoms with van der Waals surface area (Å²) in [6.45, 7) is 5.59. The second-order valence-corrected chi connectivity index (χ2v) is 13.0. The highest BCUT2D eigenvalue weighted by Gasteiger charge is 2.44. The summed E-state index contributed by atoms with van der Waals surface area (Å²) in [5.41, 5.74) is 0. The molecule has 2 aliphatic heterocycles. The predicted octanol–water partition coefficient (Wildman–Crippen LogP) is 3.20. The molecule has 1 saturated carbocycles. The first kappa shape index (κ1) is 14.3. The van der Waals surface area contributed by atoms with Gasteiger partial charge in [0.05, 0.1) is 12.2 Å². The Morgan fingerprint density at radius 2 is 2.11 bits per heavy atom. The number of hydrogen-bond donors (Lipinski definition) is 0. The van der Waals surface area contributed by atoms with Gasteiger partial charge in [-0.2, -0.15) is 0 Å². The number of hydrogen-bond acceptors (Lipinski definition) is 3. The Hall–Kier alpha value is 0.314. The van der Waals surface area contributed by atoms with Crippen LogP contribution in [0.25, 0.3) is 0 Å². The fourth-order valence-corrected chi connectivity index (χ4v) is 10.8. The van der Waals surface area contributed by atoms with E-state index in [1.807, 2.05) is 0 Å². The Morgan fingerprint density at radius 1 is 1.21 bits per heavy atom. The van der Waals surface area contributed by atoms with Crippen molar-refractivity contribution in [1.29, 1.82) is 0 Å². The molecule has 0 aromatic carbocycles. The zero-order valence-electron chi connectivity index (χ0n) is 12.4. The molecular weight excluding hydrogens is 272 g/mol. The van der Waals surface area contributed by atoms with Crippen LogP contribution >= 0.6 is 0 Å². The van der Waals surface area contributed by atoms with E-state index in [-0.39, 0.29) is 0 Å². The van der Waals surface area contributed by atoms with Crippen molar-refractivity contribution in [2.24, 2.45) is 5.92 Å². The molecule has 0 spiro atoms. The van der Waals surface area contributed by atoms with E-state index < -0.39 is 17.6 Å². The SMILES string of the molecule is C[SiH]1CCCCO[Si](C)(CCC2CCC3OC3C2)O1. The van der Waals surface area contributed by atoms with Crippen LogP contribution in [0, 0.1) is 5.92 Å². The summed E-state index contributed by atoms with van der Waals surface area (Å²) in [7, 11) is -2.81. The third-order valence-electron chi connectivity index (χ3n) is 4.98. The third-order valence-corrected chi connectivity index (χ3v) is 11.8. The van der Waals surface area contributed by atoms with E-state index in [1.165, 1.54) is 50.6 Å². The lowest BCUT2D eigenvalue weighted by Crippen LogP contribution is -2.44. The number of rotatable bonds is 3. The summed E-state index contributed by atoms with van der Waals surface area (Å²) < 4.78 is 18.3. The molecule has 2 saturated heterocycles. The maximum absolute atomic E-state index is 6.43. The minimum atomic E-state index is -1.85. The maximum atomic E-state index is 6.43. The maximum Gasteiger partial charge on any atom is 0.324 e. The van der Waals surface area contributed by atoms with Gasteiger partial charge in [0.2, 0.25) is 0 Å². The molecular formula is C14H28O3Si2. The minimum absolute atomic E-state index is 0.612. The van der Waals surface area contributed by atoms with Gasteiger partial charge in [0.15, 0.2) is 9.04 Å². The Balaban J connectivity index is 1.48. The lowest BCUT2D eigenvalue weighted by Gasteiger charge is -2.33. The summed E-state index contributed by atoms with van der Waals surface area (Å²) in [5.74, 6) is 0.864. The first-order valence-electron chi connectivity index (χ1n) is 8.12. The first-order chi connectivity index (χ1) is 9.15. The summed E-state index contributed by atoms with van der Waals surface area (Å²) in [6, 6.07) is 2.54. The molecule has 110 valence electrons. The molecule has 5 heteroatoms. The summed E-state index contributed by atoms with van der Waals surface area (Å²) >= 11 is 0. The number of epoxide rings is 1. The van der Waals surface area contributed by atoms with E-state index in [9.17, 15) is 0 Å². The zero-order valence-corrected chi connectivity index (χ0v) is 14.6. The Labute approximate surface area is 120 Å². The Kier molecular flexibility index (Phi) is 4.48. The smallest absolute Gasteiger partial charge is 0.324 e. The van der Waals surface area contributed by atoms with Crippen LogP contribution in [0.3, 0.4) is 0 Å². The fraction of sp³-hybridized carbons (Fsp3) is 1.00. The van der Waals surface area contributed by atoms with Crippen molar-refractivity contribution in [2.75, 3.05) is 6.61 Å². The van der Waals surface area contributed by atoms with Gasteiger partial charge >= 0.3 is 8.56 Å². The van der Waals surface area contributed by atoms with Crippen LogP contribution in [0.1, 0.15) is 38.5 Å². The van der Waals surface area contributed by atoms with Crippen molar-refractivity contribution in [1.82, 2.24) is 0 Å². The molecule has 0 aromatic heterocycles. The minimum Gasteiger partial charge on any atom is -0.439 e. The molecule has 0 N–H and O–H groups in total. The highest BCUT2D eigenvalue weighted by atomic mass is 28.4. The van der Waals surface area contributed by atoms with E-state index in [2.05, 4.69) is 13.1 Å². The van der Waals surface area contributed by atoms with Gasteiger partial charge in [0, 0.05) is 6.61 Å². The molecule has 3 fully saturated rings. The highest BCUT2D eigenvalue weighted by Crippen LogP contribution is 2.41. The summed E-state index contributed by atoms with van der Waals surface area (Å²) in [6.07, 6.45) is 9.04. The topological polar surface area (TPSA) is 31.0 Å². The highest BCUT2D eigenvalue weighted by molar-refractivity contribution is 6.74. The molecule has 0 radical (unpaired) electrons. The first-order valence-corrected chi connectivity index (χ1v) is 13.1. The molecule has 0 amide bonds. The Morgan fingerprint density at radius 3 is 2.95 bits per heavy atom. The third kappa shape index (κ3) is 3.91. The van der Waals surface area contributed by atoms with Crippen LogP contribution in [0.2, 0.25) is 25.2 Å². The molecule has 3 nitrogen and oxygen atoms in total. The van der Waals surface area contributed by atoms with Gasteiger partial charge in [-0.25, -0.2) is 0 Å². The van der Waals surface area contributed by atoms with Crippen LogP contribution in [0.4, 0.5) is 0 Å². The van der Waals surface area contributed by atoms with E-state index >= 15 is 0 Å². The molecule has 1 aliphatic carbocycles. The number of fused-ring (bicyclic) bond motifs is 1. The molecule has 0 aromatic rings. The predicted molar refractivity (Wildman–Crippen MR) is 81.1 cm³/mol. The van der Waals surface area contributed by atoms with Gasteiger partial charge in [0.25, 0.3) is 0 Å². The molecule has 0 bridgehead atoms. The Bertz CT molecular complexity index is 315. The summed E-state index contributed by atoms with van der Waals surface area (Å²) in [5, 5.41) is 0. The van der Waals surface area contributed by atoms with Crippen LogP contribution in [-0.2, 0) is 13.3 Å². The lowest BCUT2D eigenvalue weighted by atomic mass is 9.88. The zero-order chi connectivity index (χ0) is 13.3. The molecule has 2 heterocycles. The van der Waals surface area contributed by atoms with Crippen LogP contribution in [0.15, 0.2) is 0 Å². The van der Waals surface area contributed by atoms with Crippen molar-refractivity contribution < 1.29 is 13.3 Å². The van der Waals surface area contributed by atoms with E-state index in [4.69, 9.17) is 13.3 Å². The normalized spacial score (nSPS) is 47.1. The largest absolute Gasteiger partial charge is 0.439 e. The van der Waals surface area contributed by atoms with E-state index in [0.717, 1.165) is 12.5 Å². The van der Waals surface area contributed by atoms with Crippen LogP contribution < -0.4 is 0 Å². The van der Waals surface area contributed by atoms with Crippen LogP contribution in [0.5, 0.6) is 0 Å². The van der Waals surface area contributed by atoms with E-state index in [1.54, 1.807) is 0 Å². The number of ether oxygens (including phenoxy) is 1. The summed E-state index contributed by atoms with van der Waals surface area (Å²) in [4.78, 5) is 0.